The first-order chi connectivity index (χ1) is 15.9. The van der Waals surface area contributed by atoms with E-state index < -0.39 is 15.9 Å². The number of anilines is 2. The van der Waals surface area contributed by atoms with Gasteiger partial charge in [0.05, 0.1) is 23.6 Å². The monoisotopic (exact) mass is 482 g/mol. The van der Waals surface area contributed by atoms with Gasteiger partial charge < -0.3 is 5.32 Å². The van der Waals surface area contributed by atoms with Crippen LogP contribution < -0.4 is 10.0 Å². The topological polar surface area (TPSA) is 108 Å². The van der Waals surface area contributed by atoms with Gasteiger partial charge in [0, 0.05) is 19.3 Å². The summed E-state index contributed by atoms with van der Waals surface area (Å²) in [6.07, 6.45) is 0.623. The third-order valence-corrected chi connectivity index (χ3v) is 7.73. The van der Waals surface area contributed by atoms with Crippen LogP contribution in [-0.4, -0.2) is 37.5 Å². The van der Waals surface area contributed by atoms with Gasteiger partial charge in [-0.05, 0) is 29.1 Å². The van der Waals surface area contributed by atoms with Crippen LogP contribution in [0.4, 0.5) is 11.4 Å². The number of hydrogen-bond donors (Lipinski definition) is 2. The summed E-state index contributed by atoms with van der Waals surface area (Å²) >= 11 is 1.10. The van der Waals surface area contributed by atoms with Crippen LogP contribution in [0.15, 0.2) is 81.4 Å². The first-order valence-electron chi connectivity index (χ1n) is 10.3. The van der Waals surface area contributed by atoms with Crippen LogP contribution in [0.5, 0.6) is 0 Å². The summed E-state index contributed by atoms with van der Waals surface area (Å²) in [5.74, 6) is -0.625. The maximum atomic E-state index is 12.5. The molecule has 33 heavy (non-hydrogen) atoms. The fraction of sp³-hybridized carbons (Fsp3) is 0.174. The van der Waals surface area contributed by atoms with Crippen LogP contribution in [0.25, 0.3) is 0 Å². The number of carbonyl (C=O) groups is 2. The number of nitrogens with one attached hydrogen (secondary N) is 2. The average Bonchev–Trinajstić information content (AvgIpc) is 3.52. The van der Waals surface area contributed by atoms with Crippen LogP contribution in [0.1, 0.15) is 24.8 Å². The molecule has 2 amide bonds. The normalized spacial score (nSPS) is 13.5. The summed E-state index contributed by atoms with van der Waals surface area (Å²) in [6.45, 7) is 0.484. The fourth-order valence-corrected chi connectivity index (χ4v) is 5.40. The lowest BCUT2D eigenvalue weighted by molar-refractivity contribution is -0.132. The number of para-hydroxylation sites is 2. The molecule has 4 rings (SSSR count). The van der Waals surface area contributed by atoms with E-state index in [1.165, 1.54) is 11.1 Å². The van der Waals surface area contributed by atoms with E-state index in [9.17, 15) is 18.0 Å². The molecule has 8 nitrogen and oxygen atoms in total. The molecule has 0 aliphatic carbocycles. The lowest BCUT2D eigenvalue weighted by atomic mass is 10.1. The van der Waals surface area contributed by atoms with Gasteiger partial charge in [0.2, 0.25) is 11.8 Å². The third kappa shape index (κ3) is 5.65. The zero-order valence-corrected chi connectivity index (χ0v) is 19.2. The summed E-state index contributed by atoms with van der Waals surface area (Å²) in [4.78, 5) is 25.0. The van der Waals surface area contributed by atoms with Gasteiger partial charge in [-0.25, -0.2) is 13.4 Å². The largest absolute Gasteiger partial charge is 0.324 e. The van der Waals surface area contributed by atoms with Gasteiger partial charge in [-0.15, -0.1) is 11.3 Å². The number of nitrogens with zero attached hydrogens (tertiary/aromatic N) is 2. The van der Waals surface area contributed by atoms with Gasteiger partial charge in [-0.1, -0.05) is 48.5 Å². The van der Waals surface area contributed by atoms with Crippen molar-refractivity contribution in [3.8, 4) is 0 Å². The van der Waals surface area contributed by atoms with Gasteiger partial charge in [-0.3, -0.25) is 14.3 Å². The molecule has 0 fully saturated rings. The highest BCUT2D eigenvalue weighted by Crippen LogP contribution is 2.26. The molecular formula is C23H22N4O4S2. The van der Waals surface area contributed by atoms with E-state index in [2.05, 4.69) is 15.1 Å². The predicted molar refractivity (Wildman–Crippen MR) is 129 cm³/mol. The van der Waals surface area contributed by atoms with Crippen LogP contribution in [0.2, 0.25) is 0 Å². The average molecular weight is 483 g/mol. The highest BCUT2D eigenvalue weighted by Gasteiger charge is 2.22. The summed E-state index contributed by atoms with van der Waals surface area (Å²) < 4.78 is 27.7. The Morgan fingerprint density at radius 3 is 2.39 bits per heavy atom. The molecule has 2 heterocycles. The van der Waals surface area contributed by atoms with E-state index >= 15 is 0 Å². The second-order valence-electron chi connectivity index (χ2n) is 7.31. The number of thiophene rings is 1. The van der Waals surface area contributed by atoms with E-state index in [1.54, 1.807) is 35.7 Å². The minimum Gasteiger partial charge on any atom is -0.324 e. The zero-order chi connectivity index (χ0) is 23.3. The van der Waals surface area contributed by atoms with Crippen molar-refractivity contribution < 1.29 is 18.0 Å². The maximum absolute atomic E-state index is 12.5. The lowest BCUT2D eigenvalue weighted by Crippen LogP contribution is -2.25. The van der Waals surface area contributed by atoms with Gasteiger partial charge >= 0.3 is 0 Å². The van der Waals surface area contributed by atoms with Gasteiger partial charge in [0.1, 0.15) is 4.21 Å². The minimum atomic E-state index is -3.75. The van der Waals surface area contributed by atoms with Crippen LogP contribution in [-0.2, 0) is 19.6 Å². The van der Waals surface area contributed by atoms with Crippen molar-refractivity contribution in [2.45, 2.75) is 23.5 Å². The number of amides is 2. The molecule has 0 saturated carbocycles. The van der Waals surface area contributed by atoms with E-state index in [1.807, 2.05) is 30.3 Å². The molecular weight excluding hydrogens is 460 g/mol. The molecule has 170 valence electrons. The lowest BCUT2D eigenvalue weighted by Gasteiger charge is -2.14. The van der Waals surface area contributed by atoms with Gasteiger partial charge in [0.15, 0.2) is 0 Å². The van der Waals surface area contributed by atoms with Gasteiger partial charge in [0.25, 0.3) is 10.0 Å². The van der Waals surface area contributed by atoms with Crippen LogP contribution >= 0.6 is 11.3 Å². The van der Waals surface area contributed by atoms with Crippen LogP contribution in [0, 0.1) is 0 Å². The van der Waals surface area contributed by atoms with Crippen molar-refractivity contribution in [3.63, 3.8) is 0 Å². The Kier molecular flexibility index (Phi) is 6.85. The fourth-order valence-electron chi connectivity index (χ4n) is 3.33. The van der Waals surface area contributed by atoms with Crippen molar-refractivity contribution in [2.75, 3.05) is 16.6 Å². The van der Waals surface area contributed by atoms with E-state index in [0.717, 1.165) is 22.6 Å². The van der Waals surface area contributed by atoms with Crippen molar-refractivity contribution in [1.29, 1.82) is 0 Å². The highest BCUT2D eigenvalue weighted by molar-refractivity contribution is 7.94. The molecule has 2 aromatic carbocycles. The van der Waals surface area contributed by atoms with Crippen molar-refractivity contribution in [2.24, 2.45) is 5.10 Å². The molecule has 1 aliphatic heterocycles. The van der Waals surface area contributed by atoms with Crippen molar-refractivity contribution in [3.05, 3.63) is 77.7 Å². The Hall–Kier alpha value is -3.50. The van der Waals surface area contributed by atoms with Crippen molar-refractivity contribution in [1.82, 2.24) is 5.01 Å². The van der Waals surface area contributed by atoms with E-state index in [4.69, 9.17) is 0 Å². The Labute approximate surface area is 196 Å². The molecule has 3 aromatic rings. The Morgan fingerprint density at radius 1 is 0.939 bits per heavy atom. The molecule has 0 radical (unpaired) electrons. The third-order valence-electron chi connectivity index (χ3n) is 4.97. The Balaban J connectivity index is 1.34. The predicted octanol–water partition coefficient (Wildman–Crippen LogP) is 3.90. The Morgan fingerprint density at radius 2 is 1.67 bits per heavy atom. The molecule has 2 N–H and O–H groups in total. The second-order valence-corrected chi connectivity index (χ2v) is 10.2. The first kappa shape index (κ1) is 22.7. The number of hydrazone groups is 1. The van der Waals surface area contributed by atoms with Crippen LogP contribution in [0.3, 0.4) is 0 Å². The molecule has 0 spiro atoms. The minimum absolute atomic E-state index is 0.000489. The summed E-state index contributed by atoms with van der Waals surface area (Å²) in [5, 5.41) is 10.2. The molecule has 0 atom stereocenters. The highest BCUT2D eigenvalue weighted by atomic mass is 32.2. The first-order valence-corrected chi connectivity index (χ1v) is 12.7. The second kappa shape index (κ2) is 9.97. The zero-order valence-electron chi connectivity index (χ0n) is 17.6. The number of hydrogen-bond acceptors (Lipinski definition) is 6. The molecule has 0 bridgehead atoms. The molecule has 10 heteroatoms. The SMILES string of the molecule is O=C(CCC(=O)N1CCC(c2ccccc2)=N1)Nc1ccccc1NS(=O)(=O)c1cccs1. The van der Waals surface area contributed by atoms with E-state index in [0.29, 0.717) is 18.7 Å². The molecule has 1 aromatic heterocycles. The summed E-state index contributed by atoms with van der Waals surface area (Å²) in [6, 6.07) is 19.3. The Bertz CT molecular complexity index is 1270. The smallest absolute Gasteiger partial charge is 0.271 e. The number of carbonyl (C=O) groups excluding carboxylic acids is 2. The summed E-state index contributed by atoms with van der Waals surface area (Å²) in [7, 11) is -3.75. The molecule has 0 unspecified atom stereocenters. The van der Waals surface area contributed by atoms with Gasteiger partial charge in [-0.2, -0.15) is 5.10 Å². The number of rotatable bonds is 8. The van der Waals surface area contributed by atoms with E-state index in [-0.39, 0.29) is 28.6 Å². The number of sulfonamides is 1. The standard InChI is InChI=1S/C23H22N4O4S2/c28-21(12-13-22(29)27-15-14-18(25-27)17-7-2-1-3-8-17)24-19-9-4-5-10-20(19)26-33(30,31)23-11-6-16-32-23/h1-11,16,26H,12-15H2,(H,24,28). The maximum Gasteiger partial charge on any atom is 0.271 e. The quantitative estimate of drug-likeness (QED) is 0.508. The number of benzene rings is 2. The van der Waals surface area contributed by atoms with Crippen molar-refractivity contribution >= 4 is 50.3 Å². The molecule has 0 saturated heterocycles. The summed E-state index contributed by atoms with van der Waals surface area (Å²) in [5.41, 5.74) is 2.40. The molecule has 1 aliphatic rings.